The van der Waals surface area contributed by atoms with Gasteiger partial charge in [-0.3, -0.25) is 0 Å². The number of hydrogen-bond donors (Lipinski definition) is 1. The highest BCUT2D eigenvalue weighted by atomic mass is 15.4. The van der Waals surface area contributed by atoms with Crippen molar-refractivity contribution in [1.82, 2.24) is 9.97 Å². The van der Waals surface area contributed by atoms with Gasteiger partial charge in [-0.15, -0.1) is 0 Å². The summed E-state index contributed by atoms with van der Waals surface area (Å²) in [5.41, 5.74) is 8.57. The van der Waals surface area contributed by atoms with Gasteiger partial charge in [0.15, 0.2) is 0 Å². The molecule has 0 bridgehead atoms. The van der Waals surface area contributed by atoms with Crippen molar-refractivity contribution in [2.24, 2.45) is 5.10 Å². The Kier molecular flexibility index (Phi) is 4.81. The van der Waals surface area contributed by atoms with E-state index < -0.39 is 0 Å². The number of anilines is 1. The van der Waals surface area contributed by atoms with Crippen molar-refractivity contribution in [1.29, 1.82) is 0 Å². The lowest BCUT2D eigenvalue weighted by atomic mass is 9.91. The summed E-state index contributed by atoms with van der Waals surface area (Å²) in [5, 5.41) is 4.59. The fraction of sp³-hybridized carbons (Fsp3) is 0.316. The third kappa shape index (κ3) is 4.25. The molecule has 1 N–H and O–H groups in total. The van der Waals surface area contributed by atoms with Gasteiger partial charge in [0.25, 0.3) is 0 Å². The molecule has 1 saturated carbocycles. The molecule has 1 heterocycles. The van der Waals surface area contributed by atoms with Gasteiger partial charge in [-0.2, -0.15) is 5.10 Å². The van der Waals surface area contributed by atoms with E-state index in [9.17, 15) is 0 Å². The molecule has 23 heavy (non-hydrogen) atoms. The minimum atomic E-state index is 0.569. The first-order valence-corrected chi connectivity index (χ1v) is 8.11. The summed E-state index contributed by atoms with van der Waals surface area (Å²) >= 11 is 0. The van der Waals surface area contributed by atoms with Crippen LogP contribution in [0.5, 0.6) is 0 Å². The lowest BCUT2D eigenvalue weighted by Crippen LogP contribution is -2.12. The van der Waals surface area contributed by atoms with Crippen LogP contribution >= 0.6 is 0 Å². The van der Waals surface area contributed by atoms with Crippen molar-refractivity contribution in [2.45, 2.75) is 39.5 Å². The number of nitrogens with one attached hydrogen (secondary N) is 1. The molecule has 4 nitrogen and oxygen atoms in total. The highest BCUT2D eigenvalue weighted by Gasteiger charge is 2.13. The highest BCUT2D eigenvalue weighted by molar-refractivity contribution is 6.04. The summed E-state index contributed by atoms with van der Waals surface area (Å²) in [6.45, 7) is 3.93. The molecule has 1 aromatic carbocycles. The molecule has 0 radical (unpaired) electrons. The molecule has 0 saturated heterocycles. The monoisotopic (exact) mass is 306 g/mol. The molecule has 1 aromatic heterocycles. The molecular weight excluding hydrogens is 284 g/mol. The molecule has 0 atom stereocenters. The quantitative estimate of drug-likeness (QED) is 0.848. The molecule has 1 aliphatic carbocycles. The van der Waals surface area contributed by atoms with Gasteiger partial charge in [-0.05, 0) is 62.8 Å². The van der Waals surface area contributed by atoms with Gasteiger partial charge >= 0.3 is 0 Å². The lowest BCUT2D eigenvalue weighted by Gasteiger charge is -2.17. The molecule has 0 unspecified atom stereocenters. The van der Waals surface area contributed by atoms with E-state index in [4.69, 9.17) is 0 Å². The van der Waals surface area contributed by atoms with Gasteiger partial charge in [0.05, 0.1) is 5.71 Å². The van der Waals surface area contributed by atoms with Crippen molar-refractivity contribution < 1.29 is 0 Å². The average molecular weight is 306 g/mol. The topological polar surface area (TPSA) is 50.2 Å². The summed E-state index contributed by atoms with van der Waals surface area (Å²) in [7, 11) is 0. The molecular formula is C19H22N4. The Bertz CT molecular complexity index is 712. The maximum atomic E-state index is 4.59. The Labute approximate surface area is 137 Å². The molecule has 2 aromatic rings. The van der Waals surface area contributed by atoms with E-state index in [0.717, 1.165) is 29.9 Å². The molecule has 0 spiro atoms. The fourth-order valence-electron chi connectivity index (χ4n) is 2.84. The number of aryl methyl sites for hydroxylation is 2. The van der Waals surface area contributed by atoms with Gasteiger partial charge in [0.2, 0.25) is 5.95 Å². The van der Waals surface area contributed by atoms with Crippen LogP contribution in [0.25, 0.3) is 6.08 Å². The number of benzene rings is 1. The standard InChI is InChI=1S/C19H22N4/c1-14-12-15(2)21-19(20-14)23-22-18-11-7-6-10-17(18)13-16-8-4-3-5-9-16/h3-5,8-9,12-13H,6-7,10-11H2,1-2H3,(H,20,21,23)/b17-13+,22-18-. The van der Waals surface area contributed by atoms with Crippen LogP contribution in [0.3, 0.4) is 0 Å². The predicted octanol–water partition coefficient (Wildman–Crippen LogP) is 4.52. The largest absolute Gasteiger partial charge is 0.245 e. The van der Waals surface area contributed by atoms with Crippen LogP contribution in [0, 0.1) is 13.8 Å². The summed E-state index contributed by atoms with van der Waals surface area (Å²) in [6.07, 6.45) is 6.71. The second-order valence-corrected chi connectivity index (χ2v) is 5.93. The molecule has 1 fully saturated rings. The minimum absolute atomic E-state index is 0.569. The van der Waals surface area contributed by atoms with Crippen molar-refractivity contribution >= 4 is 17.7 Å². The van der Waals surface area contributed by atoms with E-state index >= 15 is 0 Å². The van der Waals surface area contributed by atoms with E-state index in [1.165, 1.54) is 24.0 Å². The number of rotatable bonds is 3. The van der Waals surface area contributed by atoms with Crippen LogP contribution in [-0.4, -0.2) is 15.7 Å². The zero-order valence-electron chi connectivity index (χ0n) is 13.7. The van der Waals surface area contributed by atoms with E-state index in [2.05, 4.69) is 50.8 Å². The van der Waals surface area contributed by atoms with Crippen LogP contribution in [0.1, 0.15) is 42.6 Å². The Morgan fingerprint density at radius 2 is 1.70 bits per heavy atom. The van der Waals surface area contributed by atoms with Crippen molar-refractivity contribution in [3.63, 3.8) is 0 Å². The predicted molar refractivity (Wildman–Crippen MR) is 95.5 cm³/mol. The van der Waals surface area contributed by atoms with Crippen molar-refractivity contribution in [3.05, 3.63) is 58.9 Å². The number of hydrazone groups is 1. The van der Waals surface area contributed by atoms with Crippen LogP contribution in [0.4, 0.5) is 5.95 Å². The summed E-state index contributed by atoms with van der Waals surface area (Å²) < 4.78 is 0. The first-order chi connectivity index (χ1) is 11.2. The Morgan fingerprint density at radius 1 is 1.00 bits per heavy atom. The van der Waals surface area contributed by atoms with Crippen LogP contribution < -0.4 is 5.43 Å². The van der Waals surface area contributed by atoms with Crippen LogP contribution in [0.15, 0.2) is 47.1 Å². The van der Waals surface area contributed by atoms with E-state index in [0.29, 0.717) is 5.95 Å². The van der Waals surface area contributed by atoms with Gasteiger partial charge in [-0.1, -0.05) is 30.3 Å². The second-order valence-electron chi connectivity index (χ2n) is 5.93. The van der Waals surface area contributed by atoms with E-state index in [1.54, 1.807) is 0 Å². The third-order valence-corrected chi connectivity index (χ3v) is 3.89. The molecule has 1 aliphatic rings. The number of hydrogen-bond acceptors (Lipinski definition) is 4. The fourth-order valence-corrected chi connectivity index (χ4v) is 2.84. The summed E-state index contributed by atoms with van der Waals surface area (Å²) in [5.74, 6) is 0.569. The molecule has 0 aliphatic heterocycles. The van der Waals surface area contributed by atoms with Gasteiger partial charge < -0.3 is 0 Å². The maximum absolute atomic E-state index is 4.59. The van der Waals surface area contributed by atoms with E-state index in [1.807, 2.05) is 26.0 Å². The molecule has 3 rings (SSSR count). The zero-order chi connectivity index (χ0) is 16.1. The summed E-state index contributed by atoms with van der Waals surface area (Å²) in [6, 6.07) is 12.4. The van der Waals surface area contributed by atoms with Gasteiger partial charge in [0.1, 0.15) is 0 Å². The third-order valence-electron chi connectivity index (χ3n) is 3.89. The smallest absolute Gasteiger partial charge is 0.243 e. The van der Waals surface area contributed by atoms with Crippen LogP contribution in [-0.2, 0) is 0 Å². The highest BCUT2D eigenvalue weighted by Crippen LogP contribution is 2.23. The SMILES string of the molecule is Cc1cc(C)nc(N/N=C2/CCCC/C2=C\c2ccccc2)n1. The minimum Gasteiger partial charge on any atom is -0.245 e. The number of allylic oxidation sites excluding steroid dienone is 1. The number of aromatic nitrogens is 2. The van der Waals surface area contributed by atoms with Gasteiger partial charge in [0, 0.05) is 11.4 Å². The molecule has 118 valence electrons. The van der Waals surface area contributed by atoms with Gasteiger partial charge in [-0.25, -0.2) is 15.4 Å². The first-order valence-electron chi connectivity index (χ1n) is 8.11. The Hall–Kier alpha value is -2.49. The number of nitrogens with zero attached hydrogens (tertiary/aromatic N) is 3. The summed E-state index contributed by atoms with van der Waals surface area (Å²) in [4.78, 5) is 8.76. The van der Waals surface area contributed by atoms with E-state index in [-0.39, 0.29) is 0 Å². The average Bonchev–Trinajstić information content (AvgIpc) is 2.54. The lowest BCUT2D eigenvalue weighted by molar-refractivity contribution is 0.734. The normalized spacial score (nSPS) is 18.3. The van der Waals surface area contributed by atoms with Crippen molar-refractivity contribution in [3.8, 4) is 0 Å². The Balaban J connectivity index is 1.82. The Morgan fingerprint density at radius 3 is 2.43 bits per heavy atom. The maximum Gasteiger partial charge on any atom is 0.243 e. The molecule has 0 amide bonds. The van der Waals surface area contributed by atoms with Crippen LogP contribution in [0.2, 0.25) is 0 Å². The second kappa shape index (κ2) is 7.18. The first kappa shape index (κ1) is 15.4. The van der Waals surface area contributed by atoms with Crippen molar-refractivity contribution in [2.75, 3.05) is 5.43 Å². The molecule has 4 heteroatoms. The zero-order valence-corrected chi connectivity index (χ0v) is 13.7.